The molecule has 0 aromatic carbocycles. The number of ether oxygens (including phenoxy) is 1. The zero-order valence-corrected chi connectivity index (χ0v) is 12.7. The molecule has 0 fully saturated rings. The summed E-state index contributed by atoms with van der Waals surface area (Å²) in [5, 5.41) is 10.3. The minimum Gasteiger partial charge on any atom is -0.444 e. The van der Waals surface area contributed by atoms with Crippen molar-refractivity contribution in [3.8, 4) is 0 Å². The van der Waals surface area contributed by atoms with Gasteiger partial charge in [-0.1, -0.05) is 6.07 Å². The van der Waals surface area contributed by atoms with Crippen LogP contribution in [0.15, 0.2) is 30.6 Å². The van der Waals surface area contributed by atoms with Gasteiger partial charge in [-0.2, -0.15) is 5.10 Å². The lowest BCUT2D eigenvalue weighted by atomic mass is 10.2. The molecule has 0 aliphatic heterocycles. The first-order valence-electron chi connectivity index (χ1n) is 7.04. The average Bonchev–Trinajstić information content (AvgIpc) is 2.80. The molecular weight excluding hydrogens is 268 g/mol. The Morgan fingerprint density at radius 1 is 1.33 bits per heavy atom. The molecular formula is C15H22N4O2. The summed E-state index contributed by atoms with van der Waals surface area (Å²) in [4.78, 5) is 11.5. The van der Waals surface area contributed by atoms with Crippen LogP contribution in [0, 0.1) is 0 Å². The summed E-state index contributed by atoms with van der Waals surface area (Å²) in [5.74, 6) is 0. The molecule has 0 spiro atoms. The standard InChI is InChI=1S/C15H22N4O2/c1-15(2,3)21-14(20)17-8-7-16-10-12-11-18-19-9-5-4-6-13(12)19/h4-6,9,11,16H,7-8,10H2,1-3H3,(H,17,20). The quantitative estimate of drug-likeness (QED) is 0.826. The van der Waals surface area contributed by atoms with E-state index in [1.165, 1.54) is 0 Å². The van der Waals surface area contributed by atoms with Crippen LogP contribution in [-0.2, 0) is 11.3 Å². The summed E-state index contributed by atoms with van der Waals surface area (Å²) in [6.45, 7) is 7.43. The van der Waals surface area contributed by atoms with E-state index in [-0.39, 0.29) is 6.09 Å². The van der Waals surface area contributed by atoms with E-state index in [0.717, 1.165) is 11.1 Å². The first kappa shape index (κ1) is 15.3. The maximum Gasteiger partial charge on any atom is 0.407 e. The van der Waals surface area contributed by atoms with Crippen LogP contribution >= 0.6 is 0 Å². The fourth-order valence-electron chi connectivity index (χ4n) is 1.91. The first-order chi connectivity index (χ1) is 9.96. The number of carbonyl (C=O) groups excluding carboxylic acids is 1. The van der Waals surface area contributed by atoms with E-state index in [4.69, 9.17) is 4.74 Å². The number of fused-ring (bicyclic) bond motifs is 1. The molecule has 6 nitrogen and oxygen atoms in total. The molecule has 0 atom stereocenters. The molecule has 0 saturated carbocycles. The van der Waals surface area contributed by atoms with Crippen molar-refractivity contribution in [2.45, 2.75) is 32.9 Å². The lowest BCUT2D eigenvalue weighted by molar-refractivity contribution is 0.0528. The predicted octanol–water partition coefficient (Wildman–Crippen LogP) is 1.95. The van der Waals surface area contributed by atoms with Gasteiger partial charge in [0.05, 0.1) is 11.7 Å². The normalized spacial score (nSPS) is 11.6. The van der Waals surface area contributed by atoms with Gasteiger partial charge in [-0.05, 0) is 32.9 Å². The second-order valence-corrected chi connectivity index (χ2v) is 5.81. The third-order valence-corrected chi connectivity index (χ3v) is 2.79. The van der Waals surface area contributed by atoms with Gasteiger partial charge < -0.3 is 15.4 Å². The lowest BCUT2D eigenvalue weighted by Crippen LogP contribution is -2.36. The van der Waals surface area contributed by atoms with Crippen molar-refractivity contribution in [1.29, 1.82) is 0 Å². The van der Waals surface area contributed by atoms with Crippen molar-refractivity contribution in [3.05, 3.63) is 36.2 Å². The molecule has 21 heavy (non-hydrogen) atoms. The highest BCUT2D eigenvalue weighted by Gasteiger charge is 2.15. The number of rotatable bonds is 5. The van der Waals surface area contributed by atoms with Crippen molar-refractivity contribution >= 4 is 11.6 Å². The van der Waals surface area contributed by atoms with Gasteiger partial charge >= 0.3 is 6.09 Å². The highest BCUT2D eigenvalue weighted by atomic mass is 16.6. The second-order valence-electron chi connectivity index (χ2n) is 5.81. The van der Waals surface area contributed by atoms with Crippen LogP contribution in [0.2, 0.25) is 0 Å². The number of carbonyl (C=O) groups is 1. The Hall–Kier alpha value is -2.08. The highest BCUT2D eigenvalue weighted by Crippen LogP contribution is 2.09. The van der Waals surface area contributed by atoms with E-state index >= 15 is 0 Å². The summed E-state index contributed by atoms with van der Waals surface area (Å²) in [7, 11) is 0. The van der Waals surface area contributed by atoms with Gasteiger partial charge in [0.25, 0.3) is 0 Å². The van der Waals surface area contributed by atoms with Crippen LogP contribution < -0.4 is 10.6 Å². The molecule has 6 heteroatoms. The van der Waals surface area contributed by atoms with Crippen molar-refractivity contribution < 1.29 is 9.53 Å². The molecule has 2 aromatic rings. The molecule has 0 radical (unpaired) electrons. The van der Waals surface area contributed by atoms with E-state index in [0.29, 0.717) is 19.6 Å². The Labute approximate surface area is 124 Å². The fraction of sp³-hybridized carbons (Fsp3) is 0.467. The Balaban J connectivity index is 1.70. The summed E-state index contributed by atoms with van der Waals surface area (Å²) in [6, 6.07) is 5.97. The number of amides is 1. The Kier molecular flexibility index (Phi) is 4.80. The maximum absolute atomic E-state index is 11.5. The van der Waals surface area contributed by atoms with Crippen molar-refractivity contribution in [1.82, 2.24) is 20.2 Å². The Morgan fingerprint density at radius 2 is 2.14 bits per heavy atom. The molecule has 2 heterocycles. The number of aromatic nitrogens is 2. The van der Waals surface area contributed by atoms with E-state index < -0.39 is 5.60 Å². The van der Waals surface area contributed by atoms with Gasteiger partial charge in [0.2, 0.25) is 0 Å². The van der Waals surface area contributed by atoms with E-state index in [1.54, 1.807) is 0 Å². The Morgan fingerprint density at radius 3 is 2.90 bits per heavy atom. The van der Waals surface area contributed by atoms with Crippen LogP contribution in [0.3, 0.4) is 0 Å². The van der Waals surface area contributed by atoms with E-state index in [9.17, 15) is 4.79 Å². The van der Waals surface area contributed by atoms with Gasteiger partial charge in [-0.15, -0.1) is 0 Å². The zero-order chi connectivity index (χ0) is 15.3. The van der Waals surface area contributed by atoms with Crippen molar-refractivity contribution in [2.75, 3.05) is 13.1 Å². The van der Waals surface area contributed by atoms with Gasteiger partial charge in [-0.25, -0.2) is 9.31 Å². The monoisotopic (exact) mass is 290 g/mol. The third kappa shape index (κ3) is 4.75. The number of nitrogens with zero attached hydrogens (tertiary/aromatic N) is 2. The summed E-state index contributed by atoms with van der Waals surface area (Å²) >= 11 is 0. The topological polar surface area (TPSA) is 67.7 Å². The minimum atomic E-state index is -0.464. The van der Waals surface area contributed by atoms with Gasteiger partial charge in [0, 0.05) is 31.4 Å². The summed E-state index contributed by atoms with van der Waals surface area (Å²) in [6.07, 6.45) is 3.38. The number of alkyl carbamates (subject to hydrolysis) is 1. The van der Waals surface area contributed by atoms with Gasteiger partial charge in [-0.3, -0.25) is 0 Å². The zero-order valence-electron chi connectivity index (χ0n) is 12.7. The third-order valence-electron chi connectivity index (χ3n) is 2.79. The molecule has 0 aliphatic rings. The number of pyridine rings is 1. The second kappa shape index (κ2) is 6.58. The largest absolute Gasteiger partial charge is 0.444 e. The Bertz CT molecular complexity index is 601. The predicted molar refractivity (Wildman–Crippen MR) is 81.1 cm³/mol. The molecule has 0 unspecified atom stereocenters. The lowest BCUT2D eigenvalue weighted by Gasteiger charge is -2.19. The van der Waals surface area contributed by atoms with E-state index in [2.05, 4.69) is 15.7 Å². The SMILES string of the molecule is CC(C)(C)OC(=O)NCCNCc1cnn2ccccc12. The molecule has 0 saturated heterocycles. The number of hydrogen-bond donors (Lipinski definition) is 2. The molecule has 0 bridgehead atoms. The average molecular weight is 290 g/mol. The molecule has 1 amide bonds. The maximum atomic E-state index is 11.5. The summed E-state index contributed by atoms with van der Waals surface area (Å²) < 4.78 is 7.00. The number of hydrogen-bond acceptors (Lipinski definition) is 4. The highest BCUT2D eigenvalue weighted by molar-refractivity contribution is 5.67. The molecule has 2 rings (SSSR count). The molecule has 0 aliphatic carbocycles. The fourth-order valence-corrected chi connectivity index (χ4v) is 1.91. The summed E-state index contributed by atoms with van der Waals surface area (Å²) in [5.41, 5.74) is 1.76. The van der Waals surface area contributed by atoms with Crippen molar-refractivity contribution in [3.63, 3.8) is 0 Å². The first-order valence-corrected chi connectivity index (χ1v) is 7.04. The van der Waals surface area contributed by atoms with Crippen molar-refractivity contribution in [2.24, 2.45) is 0 Å². The van der Waals surface area contributed by atoms with E-state index in [1.807, 2.05) is 55.9 Å². The van der Waals surface area contributed by atoms with Gasteiger partial charge in [0.15, 0.2) is 0 Å². The molecule has 114 valence electrons. The number of nitrogens with one attached hydrogen (secondary N) is 2. The van der Waals surface area contributed by atoms with Gasteiger partial charge in [0.1, 0.15) is 5.60 Å². The van der Waals surface area contributed by atoms with Crippen LogP contribution in [0.1, 0.15) is 26.3 Å². The minimum absolute atomic E-state index is 0.389. The smallest absolute Gasteiger partial charge is 0.407 e. The van der Waals surface area contributed by atoms with Crippen LogP contribution in [0.4, 0.5) is 4.79 Å². The van der Waals surface area contributed by atoms with Crippen LogP contribution in [0.5, 0.6) is 0 Å². The van der Waals surface area contributed by atoms with Crippen LogP contribution in [0.25, 0.3) is 5.52 Å². The molecule has 2 aromatic heterocycles. The van der Waals surface area contributed by atoms with Crippen LogP contribution in [-0.4, -0.2) is 34.4 Å². The molecule has 2 N–H and O–H groups in total.